The Morgan fingerprint density at radius 1 is 1.43 bits per heavy atom. The van der Waals surface area contributed by atoms with Gasteiger partial charge in [0, 0.05) is 5.41 Å². The number of hydrogen-bond acceptors (Lipinski definition) is 4. The third-order valence-corrected chi connectivity index (χ3v) is 2.39. The summed E-state index contributed by atoms with van der Waals surface area (Å²) in [6, 6.07) is 3.05. The second-order valence-electron chi connectivity index (χ2n) is 4.09. The van der Waals surface area contributed by atoms with Gasteiger partial charge in [0.25, 0.3) is 0 Å². The maximum Gasteiger partial charge on any atom is 0.129 e. The first-order valence-corrected chi connectivity index (χ1v) is 4.57. The molecule has 14 heavy (non-hydrogen) atoms. The number of aliphatic hydroxyl groups is 2. The van der Waals surface area contributed by atoms with E-state index in [1.54, 1.807) is 12.1 Å². The Morgan fingerprint density at radius 2 is 2.07 bits per heavy atom. The molecule has 1 heterocycles. The maximum atomic E-state index is 9.12. The minimum Gasteiger partial charge on any atom is -0.462 e. The van der Waals surface area contributed by atoms with Crippen LogP contribution in [0.4, 0.5) is 0 Å². The third kappa shape index (κ3) is 2.15. The van der Waals surface area contributed by atoms with Crippen LogP contribution in [0.25, 0.3) is 0 Å². The van der Waals surface area contributed by atoms with Crippen molar-refractivity contribution in [2.24, 2.45) is 11.1 Å². The lowest BCUT2D eigenvalue weighted by molar-refractivity contribution is 0.120. The van der Waals surface area contributed by atoms with Crippen molar-refractivity contribution in [1.29, 1.82) is 0 Å². The van der Waals surface area contributed by atoms with Crippen LogP contribution in [0.1, 0.15) is 31.4 Å². The average molecular weight is 199 g/mol. The molecule has 4 heteroatoms. The van der Waals surface area contributed by atoms with Gasteiger partial charge in [-0.15, -0.1) is 0 Å². The van der Waals surface area contributed by atoms with Crippen LogP contribution in [0.5, 0.6) is 0 Å². The van der Waals surface area contributed by atoms with Crippen LogP contribution in [0, 0.1) is 5.41 Å². The van der Waals surface area contributed by atoms with E-state index in [0.29, 0.717) is 11.5 Å². The van der Waals surface area contributed by atoms with E-state index in [2.05, 4.69) is 0 Å². The molecule has 1 aromatic rings. The Bertz CT molecular complexity index is 293. The van der Waals surface area contributed by atoms with Crippen molar-refractivity contribution >= 4 is 0 Å². The monoisotopic (exact) mass is 199 g/mol. The predicted molar refractivity (Wildman–Crippen MR) is 52.4 cm³/mol. The highest BCUT2D eigenvalue weighted by molar-refractivity contribution is 5.12. The number of rotatable bonds is 4. The summed E-state index contributed by atoms with van der Waals surface area (Å²) in [4.78, 5) is 0. The average Bonchev–Trinajstić information content (AvgIpc) is 2.64. The largest absolute Gasteiger partial charge is 0.462 e. The first-order valence-electron chi connectivity index (χ1n) is 4.57. The molecule has 0 spiro atoms. The molecular weight excluding hydrogens is 182 g/mol. The van der Waals surface area contributed by atoms with E-state index in [4.69, 9.17) is 20.4 Å². The Kier molecular flexibility index (Phi) is 3.31. The lowest BCUT2D eigenvalue weighted by atomic mass is 9.84. The van der Waals surface area contributed by atoms with E-state index in [-0.39, 0.29) is 19.3 Å². The van der Waals surface area contributed by atoms with Gasteiger partial charge >= 0.3 is 0 Å². The van der Waals surface area contributed by atoms with Crippen molar-refractivity contribution in [2.75, 3.05) is 6.61 Å². The fourth-order valence-corrected chi connectivity index (χ4v) is 1.13. The van der Waals surface area contributed by atoms with Gasteiger partial charge in [0.1, 0.15) is 18.1 Å². The zero-order valence-electron chi connectivity index (χ0n) is 8.53. The molecule has 0 fully saturated rings. The summed E-state index contributed by atoms with van der Waals surface area (Å²) in [5.74, 6) is 1.08. The summed E-state index contributed by atoms with van der Waals surface area (Å²) >= 11 is 0. The van der Waals surface area contributed by atoms with Crippen LogP contribution < -0.4 is 5.73 Å². The normalized spacial score (nSPS) is 14.4. The number of furan rings is 1. The number of hydrogen-bond donors (Lipinski definition) is 3. The molecule has 1 atom stereocenters. The summed E-state index contributed by atoms with van der Waals surface area (Å²) in [6.07, 6.45) is 0. The van der Waals surface area contributed by atoms with E-state index >= 15 is 0 Å². The van der Waals surface area contributed by atoms with Crippen LogP contribution >= 0.6 is 0 Å². The standard InChI is InChI=1S/C10H17NO3/c1-10(2,6-13)9(11)8-4-3-7(5-12)14-8/h3-4,9,12-13H,5-6,11H2,1-2H3/t9-/m0/s1. The van der Waals surface area contributed by atoms with Crippen molar-refractivity contribution in [2.45, 2.75) is 26.5 Å². The molecule has 0 saturated carbocycles. The van der Waals surface area contributed by atoms with Crippen molar-refractivity contribution in [3.63, 3.8) is 0 Å². The summed E-state index contributed by atoms with van der Waals surface area (Å²) in [7, 11) is 0. The van der Waals surface area contributed by atoms with Gasteiger partial charge in [0.2, 0.25) is 0 Å². The Hall–Kier alpha value is -0.840. The highest BCUT2D eigenvalue weighted by Gasteiger charge is 2.29. The molecule has 1 rings (SSSR count). The topological polar surface area (TPSA) is 79.6 Å². The molecule has 0 aliphatic rings. The first-order chi connectivity index (χ1) is 6.51. The predicted octanol–water partition coefficient (Wildman–Crippen LogP) is 0.790. The first kappa shape index (κ1) is 11.2. The molecule has 0 aromatic carbocycles. The maximum absolute atomic E-state index is 9.12. The number of aliphatic hydroxyl groups excluding tert-OH is 2. The highest BCUT2D eigenvalue weighted by Crippen LogP contribution is 2.31. The summed E-state index contributed by atoms with van der Waals surface area (Å²) in [6.45, 7) is 3.58. The zero-order chi connectivity index (χ0) is 10.8. The van der Waals surface area contributed by atoms with Gasteiger partial charge in [-0.3, -0.25) is 0 Å². The molecule has 0 aliphatic heterocycles. The summed E-state index contributed by atoms with van der Waals surface area (Å²) in [5, 5.41) is 17.9. The van der Waals surface area contributed by atoms with Gasteiger partial charge in [-0.2, -0.15) is 0 Å². The van der Waals surface area contributed by atoms with Crippen molar-refractivity contribution in [1.82, 2.24) is 0 Å². The zero-order valence-corrected chi connectivity index (χ0v) is 8.53. The molecular formula is C10H17NO3. The molecule has 0 aliphatic carbocycles. The van der Waals surface area contributed by atoms with Gasteiger partial charge in [-0.25, -0.2) is 0 Å². The molecule has 0 amide bonds. The van der Waals surface area contributed by atoms with Crippen LogP contribution in [-0.2, 0) is 6.61 Å². The van der Waals surface area contributed by atoms with E-state index in [1.807, 2.05) is 13.8 Å². The quantitative estimate of drug-likeness (QED) is 0.669. The van der Waals surface area contributed by atoms with Gasteiger partial charge in [0.15, 0.2) is 0 Å². The van der Waals surface area contributed by atoms with Crippen LogP contribution in [0.2, 0.25) is 0 Å². The van der Waals surface area contributed by atoms with E-state index in [1.165, 1.54) is 0 Å². The minimum atomic E-state index is -0.426. The van der Waals surface area contributed by atoms with Crippen molar-refractivity contribution in [3.8, 4) is 0 Å². The Labute approximate surface area is 83.3 Å². The van der Waals surface area contributed by atoms with Crippen LogP contribution in [-0.4, -0.2) is 16.8 Å². The van der Waals surface area contributed by atoms with E-state index in [9.17, 15) is 0 Å². The second kappa shape index (κ2) is 4.13. The van der Waals surface area contributed by atoms with E-state index < -0.39 is 5.41 Å². The number of nitrogens with two attached hydrogens (primary N) is 1. The molecule has 1 aromatic heterocycles. The van der Waals surface area contributed by atoms with Gasteiger partial charge in [-0.05, 0) is 12.1 Å². The summed E-state index contributed by atoms with van der Waals surface area (Å²) in [5.41, 5.74) is 5.49. The smallest absolute Gasteiger partial charge is 0.129 e. The second-order valence-corrected chi connectivity index (χ2v) is 4.09. The fourth-order valence-electron chi connectivity index (χ4n) is 1.13. The summed E-state index contributed by atoms with van der Waals surface area (Å²) < 4.78 is 5.30. The highest BCUT2D eigenvalue weighted by atomic mass is 16.4. The SMILES string of the molecule is CC(C)(CO)[C@@H](N)c1ccc(CO)o1. The third-order valence-electron chi connectivity index (χ3n) is 2.39. The van der Waals surface area contributed by atoms with Crippen molar-refractivity contribution < 1.29 is 14.6 Å². The van der Waals surface area contributed by atoms with Crippen LogP contribution in [0.3, 0.4) is 0 Å². The molecule has 0 unspecified atom stereocenters. The molecule has 4 N–H and O–H groups in total. The molecule has 0 saturated heterocycles. The van der Waals surface area contributed by atoms with Gasteiger partial charge in [0.05, 0.1) is 12.6 Å². The van der Waals surface area contributed by atoms with Crippen molar-refractivity contribution in [3.05, 3.63) is 23.7 Å². The minimum absolute atomic E-state index is 0.0106. The lowest BCUT2D eigenvalue weighted by Gasteiger charge is -2.27. The molecule has 0 radical (unpaired) electrons. The van der Waals surface area contributed by atoms with Gasteiger partial charge < -0.3 is 20.4 Å². The van der Waals surface area contributed by atoms with Crippen LogP contribution in [0.15, 0.2) is 16.5 Å². The van der Waals surface area contributed by atoms with Gasteiger partial charge in [-0.1, -0.05) is 13.8 Å². The molecule has 0 bridgehead atoms. The van der Waals surface area contributed by atoms with E-state index in [0.717, 1.165) is 0 Å². The molecule has 4 nitrogen and oxygen atoms in total. The Morgan fingerprint density at radius 3 is 2.50 bits per heavy atom. The molecule has 80 valence electrons. The Balaban J connectivity index is 2.83. The fraction of sp³-hybridized carbons (Fsp3) is 0.600. The lowest BCUT2D eigenvalue weighted by Crippen LogP contribution is -2.32.